The molecule has 160 valence electrons. The first-order valence-electron chi connectivity index (χ1n) is 10.8. The third-order valence-corrected chi connectivity index (χ3v) is 6.06. The molecule has 3 aromatic rings. The summed E-state index contributed by atoms with van der Waals surface area (Å²) in [5.74, 6) is 0.752. The van der Waals surface area contributed by atoms with Gasteiger partial charge in [0, 0.05) is 30.4 Å². The zero-order valence-electron chi connectivity index (χ0n) is 18.2. The van der Waals surface area contributed by atoms with E-state index in [2.05, 4.69) is 29.2 Å². The molecule has 0 aliphatic carbocycles. The Morgan fingerprint density at radius 2 is 1.56 bits per heavy atom. The van der Waals surface area contributed by atoms with Crippen LogP contribution in [-0.4, -0.2) is 43.8 Å². The Hall–Kier alpha value is -3.86. The zero-order chi connectivity index (χ0) is 22.1. The number of carbonyl (C=O) groups excluding carboxylic acids is 1. The number of likely N-dealkylation sites (N-methyl/N-ethyl adjacent to an activating group) is 1. The van der Waals surface area contributed by atoms with E-state index in [4.69, 9.17) is 9.73 Å². The Bertz CT molecular complexity index is 1180. The van der Waals surface area contributed by atoms with Crippen LogP contribution in [0, 0.1) is 0 Å². The molecular formula is C27H25N3O2. The fourth-order valence-corrected chi connectivity index (χ4v) is 4.53. The van der Waals surface area contributed by atoms with Crippen molar-refractivity contribution >= 4 is 17.3 Å². The summed E-state index contributed by atoms with van der Waals surface area (Å²) in [6, 6.07) is 27.8. The van der Waals surface area contributed by atoms with Crippen LogP contribution < -0.4 is 9.64 Å². The van der Waals surface area contributed by atoms with Gasteiger partial charge in [0.15, 0.2) is 0 Å². The van der Waals surface area contributed by atoms with Crippen LogP contribution in [0.2, 0.25) is 0 Å². The van der Waals surface area contributed by atoms with Crippen LogP contribution in [0.5, 0.6) is 5.75 Å². The normalized spacial score (nSPS) is 18.4. The topological polar surface area (TPSA) is 45.1 Å². The second kappa shape index (κ2) is 8.35. The van der Waals surface area contributed by atoms with E-state index in [0.717, 1.165) is 39.5 Å². The van der Waals surface area contributed by atoms with E-state index in [0.29, 0.717) is 13.1 Å². The molecule has 0 saturated carbocycles. The Morgan fingerprint density at radius 3 is 2.22 bits per heavy atom. The molecule has 3 aromatic carbocycles. The van der Waals surface area contributed by atoms with E-state index in [1.165, 1.54) is 0 Å². The number of hydrogen-bond donors (Lipinski definition) is 0. The maximum Gasteiger partial charge on any atom is 0.275 e. The summed E-state index contributed by atoms with van der Waals surface area (Å²) < 4.78 is 5.33. The van der Waals surface area contributed by atoms with Crippen LogP contribution in [0.15, 0.2) is 101 Å². The summed E-state index contributed by atoms with van der Waals surface area (Å²) >= 11 is 0. The van der Waals surface area contributed by atoms with E-state index in [9.17, 15) is 4.79 Å². The standard InChI is InChI=1S/C27H25N3O2/c1-29-18-17-28-24(19-9-5-3-6-10-19)23-25(20-11-7-4-8-12-20)30(27(31)26(23)29)21-13-15-22(32-2)16-14-21/h3-16,25H,17-18H2,1-2H3. The number of amides is 1. The number of rotatable bonds is 4. The summed E-state index contributed by atoms with van der Waals surface area (Å²) in [4.78, 5) is 22.9. The molecule has 2 aliphatic rings. The van der Waals surface area contributed by atoms with E-state index < -0.39 is 0 Å². The fraction of sp³-hybridized carbons (Fsp3) is 0.185. The molecule has 1 unspecified atom stereocenters. The molecule has 0 aromatic heterocycles. The van der Waals surface area contributed by atoms with Gasteiger partial charge in [0.05, 0.1) is 25.4 Å². The number of methoxy groups -OCH3 is 1. The molecule has 0 fully saturated rings. The van der Waals surface area contributed by atoms with Gasteiger partial charge in [-0.15, -0.1) is 0 Å². The summed E-state index contributed by atoms with van der Waals surface area (Å²) in [5.41, 5.74) is 5.49. The van der Waals surface area contributed by atoms with Gasteiger partial charge in [0.2, 0.25) is 0 Å². The second-order valence-corrected chi connectivity index (χ2v) is 7.97. The minimum atomic E-state index is -0.272. The zero-order valence-corrected chi connectivity index (χ0v) is 18.2. The number of carbonyl (C=O) groups is 1. The molecule has 1 atom stereocenters. The molecule has 0 spiro atoms. The Morgan fingerprint density at radius 1 is 0.906 bits per heavy atom. The van der Waals surface area contributed by atoms with Crippen molar-refractivity contribution in [3.05, 3.63) is 107 Å². The second-order valence-electron chi connectivity index (χ2n) is 7.97. The highest BCUT2D eigenvalue weighted by Crippen LogP contribution is 2.44. The van der Waals surface area contributed by atoms with Crippen LogP contribution >= 0.6 is 0 Å². The van der Waals surface area contributed by atoms with Crippen molar-refractivity contribution in [3.8, 4) is 5.75 Å². The van der Waals surface area contributed by atoms with Gasteiger partial charge in [-0.05, 0) is 29.8 Å². The lowest BCUT2D eigenvalue weighted by molar-refractivity contribution is -0.116. The molecule has 32 heavy (non-hydrogen) atoms. The fourth-order valence-electron chi connectivity index (χ4n) is 4.53. The van der Waals surface area contributed by atoms with Gasteiger partial charge in [-0.2, -0.15) is 0 Å². The van der Waals surface area contributed by atoms with E-state index in [-0.39, 0.29) is 11.9 Å². The lowest BCUT2D eigenvalue weighted by Gasteiger charge is -2.28. The number of benzene rings is 3. The van der Waals surface area contributed by atoms with Crippen molar-refractivity contribution in [2.45, 2.75) is 6.04 Å². The SMILES string of the molecule is COc1ccc(N2C(=O)C3=C(C(c4ccccc4)=NCCN3C)C2c2ccccc2)cc1. The van der Waals surface area contributed by atoms with Crippen LogP contribution in [0.4, 0.5) is 5.69 Å². The summed E-state index contributed by atoms with van der Waals surface area (Å²) in [6.45, 7) is 1.34. The first kappa shape index (κ1) is 20.1. The number of anilines is 1. The van der Waals surface area contributed by atoms with E-state index in [1.54, 1.807) is 7.11 Å². The Balaban J connectivity index is 1.73. The third-order valence-electron chi connectivity index (χ3n) is 6.06. The monoisotopic (exact) mass is 423 g/mol. The van der Waals surface area contributed by atoms with Crippen molar-refractivity contribution in [2.24, 2.45) is 4.99 Å². The molecule has 0 radical (unpaired) electrons. The van der Waals surface area contributed by atoms with Crippen molar-refractivity contribution < 1.29 is 9.53 Å². The molecule has 0 saturated heterocycles. The number of hydrogen-bond acceptors (Lipinski definition) is 4. The molecule has 0 N–H and O–H groups in total. The molecule has 2 heterocycles. The van der Waals surface area contributed by atoms with Crippen LogP contribution in [0.3, 0.4) is 0 Å². The highest BCUT2D eigenvalue weighted by atomic mass is 16.5. The molecular weight excluding hydrogens is 398 g/mol. The smallest absolute Gasteiger partial charge is 0.275 e. The number of nitrogens with zero attached hydrogens (tertiary/aromatic N) is 3. The molecule has 1 amide bonds. The van der Waals surface area contributed by atoms with Crippen molar-refractivity contribution in [1.82, 2.24) is 4.90 Å². The average Bonchev–Trinajstić information content (AvgIpc) is 3.04. The molecule has 5 nitrogen and oxygen atoms in total. The van der Waals surface area contributed by atoms with Gasteiger partial charge < -0.3 is 9.64 Å². The lowest BCUT2D eigenvalue weighted by atomic mass is 9.91. The van der Waals surface area contributed by atoms with Crippen molar-refractivity contribution in [1.29, 1.82) is 0 Å². The van der Waals surface area contributed by atoms with Crippen LogP contribution in [0.25, 0.3) is 0 Å². The van der Waals surface area contributed by atoms with Gasteiger partial charge in [-0.1, -0.05) is 60.7 Å². The maximum atomic E-state index is 14.0. The largest absolute Gasteiger partial charge is 0.497 e. The lowest BCUT2D eigenvalue weighted by Crippen LogP contribution is -2.34. The highest BCUT2D eigenvalue weighted by molar-refractivity contribution is 6.23. The van der Waals surface area contributed by atoms with Gasteiger partial charge >= 0.3 is 0 Å². The van der Waals surface area contributed by atoms with Gasteiger partial charge in [-0.25, -0.2) is 0 Å². The molecule has 0 bridgehead atoms. The minimum absolute atomic E-state index is 0.00736. The van der Waals surface area contributed by atoms with Crippen molar-refractivity contribution in [3.63, 3.8) is 0 Å². The van der Waals surface area contributed by atoms with Crippen LogP contribution in [0.1, 0.15) is 17.2 Å². The number of ether oxygens (including phenoxy) is 1. The Labute approximate surface area is 188 Å². The van der Waals surface area contributed by atoms with Crippen molar-refractivity contribution in [2.75, 3.05) is 32.1 Å². The first-order chi connectivity index (χ1) is 15.7. The quantitative estimate of drug-likeness (QED) is 0.622. The molecule has 5 rings (SSSR count). The van der Waals surface area contributed by atoms with Gasteiger partial charge in [0.1, 0.15) is 11.4 Å². The predicted molar refractivity (Wildman–Crippen MR) is 127 cm³/mol. The summed E-state index contributed by atoms with van der Waals surface area (Å²) in [5, 5.41) is 0. The molecule has 2 aliphatic heterocycles. The number of aliphatic imine (C=N–C) groups is 1. The van der Waals surface area contributed by atoms with E-state index in [1.807, 2.05) is 72.6 Å². The molecule has 5 heteroatoms. The first-order valence-corrected chi connectivity index (χ1v) is 10.8. The van der Waals surface area contributed by atoms with Gasteiger partial charge in [-0.3, -0.25) is 14.7 Å². The van der Waals surface area contributed by atoms with Gasteiger partial charge in [0.25, 0.3) is 5.91 Å². The summed E-state index contributed by atoms with van der Waals surface area (Å²) in [6.07, 6.45) is 0. The van der Waals surface area contributed by atoms with Crippen LogP contribution in [-0.2, 0) is 4.79 Å². The summed E-state index contributed by atoms with van der Waals surface area (Å²) in [7, 11) is 3.63. The average molecular weight is 424 g/mol. The maximum absolute atomic E-state index is 14.0. The minimum Gasteiger partial charge on any atom is -0.497 e. The van der Waals surface area contributed by atoms with E-state index >= 15 is 0 Å². The third kappa shape index (κ3) is 3.36. The predicted octanol–water partition coefficient (Wildman–Crippen LogP) is 4.47. The Kier molecular flexibility index (Phi) is 5.23. The highest BCUT2D eigenvalue weighted by Gasteiger charge is 2.45.